The van der Waals surface area contributed by atoms with Gasteiger partial charge in [0.25, 0.3) is 0 Å². The van der Waals surface area contributed by atoms with Gasteiger partial charge >= 0.3 is 21.7 Å². The van der Waals surface area contributed by atoms with E-state index in [2.05, 4.69) is 0 Å². The zero-order valence-corrected chi connectivity index (χ0v) is 9.38. The first-order valence-electron chi connectivity index (χ1n) is 1.22. The van der Waals surface area contributed by atoms with Gasteiger partial charge in [-0.1, -0.05) is 0 Å². The molecule has 0 aliphatic heterocycles. The van der Waals surface area contributed by atoms with Crippen molar-refractivity contribution in [3.05, 3.63) is 0 Å². The zero-order valence-electron chi connectivity index (χ0n) is 4.27. The Kier molecular flexibility index (Phi) is 36.6. The van der Waals surface area contributed by atoms with Crippen LogP contribution in [-0.2, 0) is 51.1 Å². The molecule has 10 heavy (non-hydrogen) atoms. The van der Waals surface area contributed by atoms with Gasteiger partial charge in [-0.3, -0.25) is 0 Å². The van der Waals surface area contributed by atoms with E-state index in [1.165, 1.54) is 0 Å². The minimum atomic E-state index is -3.63. The second kappa shape index (κ2) is 16.3. The molecule has 0 aromatic rings. The van der Waals surface area contributed by atoms with Crippen molar-refractivity contribution in [2.24, 2.45) is 0 Å². The van der Waals surface area contributed by atoms with Crippen LogP contribution in [0.2, 0.25) is 0 Å². The molecule has 0 aliphatic carbocycles. The van der Waals surface area contributed by atoms with Crippen LogP contribution in [0.1, 0.15) is 0 Å². The largest absolute Gasteiger partial charge is 4.00 e. The third-order valence-corrected chi connectivity index (χ3v) is 0. The van der Waals surface area contributed by atoms with E-state index in [4.69, 9.17) is 28.1 Å². The van der Waals surface area contributed by atoms with Crippen molar-refractivity contribution in [1.29, 1.82) is 0 Å². The Morgan fingerprint density at radius 2 is 0.800 bits per heavy atom. The maximum Gasteiger partial charge on any atom is 4.00 e. The number of hydrogen-bond donors (Lipinski definition) is 0. The van der Waals surface area contributed by atoms with Crippen molar-refractivity contribution in [3.8, 4) is 0 Å². The minimum absolute atomic E-state index is 0. The number of rotatable bonds is 0. The smallest absolute Gasteiger partial charge is 0.672 e. The summed E-state index contributed by atoms with van der Waals surface area (Å²) < 4.78 is 17.0. The fraction of sp³-hybridized carbons (Fsp3) is 0. The summed E-state index contributed by atoms with van der Waals surface area (Å²) in [6.07, 6.45) is 0. The van der Waals surface area contributed by atoms with Crippen LogP contribution < -0.4 is 19.2 Å². The third kappa shape index (κ3) is 1340. The Bertz CT molecular complexity index is 73.7. The van der Waals surface area contributed by atoms with Gasteiger partial charge in [-0.05, 0) is 0 Å². The third-order valence-electron chi connectivity index (χ3n) is 0. The van der Waals surface area contributed by atoms with Gasteiger partial charge in [-0.25, -0.2) is 0 Å². The van der Waals surface area contributed by atoms with E-state index in [9.17, 15) is 0 Å². The van der Waals surface area contributed by atoms with E-state index in [0.29, 0.717) is 0 Å². The fourth-order valence-corrected chi connectivity index (χ4v) is 0. The summed E-state index contributed by atoms with van der Waals surface area (Å²) in [6.45, 7) is 0. The molecule has 0 aromatic carbocycles. The maximum atomic E-state index is 8.52. The SMILES string of the molecule is O=[Si]([O-])[O-].O=[Si]([O-])[O-].[Pd].[Ti+4]. The molecule has 0 amide bonds. The Balaban J connectivity index is -0.0000000300. The van der Waals surface area contributed by atoms with Crippen molar-refractivity contribution in [3.63, 3.8) is 0 Å². The van der Waals surface area contributed by atoms with E-state index in [1.54, 1.807) is 0 Å². The quantitative estimate of drug-likeness (QED) is 0.410. The maximum absolute atomic E-state index is 8.52. The van der Waals surface area contributed by atoms with Gasteiger partial charge in [0, 0.05) is 38.8 Å². The molecule has 0 saturated heterocycles. The molecule has 0 heterocycles. The molecule has 0 unspecified atom stereocenters. The van der Waals surface area contributed by atoms with Crippen molar-refractivity contribution in [2.75, 3.05) is 0 Å². The average Bonchev–Trinajstić information content (AvgIpc) is 1.25. The van der Waals surface area contributed by atoms with Crippen LogP contribution in [0, 0.1) is 0 Å². The van der Waals surface area contributed by atoms with Crippen LogP contribution in [-0.4, -0.2) is 18.3 Å². The van der Waals surface area contributed by atoms with E-state index in [-0.39, 0.29) is 42.1 Å². The first-order valence-corrected chi connectivity index (χ1v) is 3.67. The molecular weight excluding hydrogens is 306 g/mol. The summed E-state index contributed by atoms with van der Waals surface area (Å²) in [5.74, 6) is 0. The van der Waals surface area contributed by atoms with E-state index >= 15 is 0 Å². The van der Waals surface area contributed by atoms with Crippen molar-refractivity contribution < 1.29 is 70.2 Å². The molecule has 10 heteroatoms. The molecule has 0 rings (SSSR count). The Labute approximate surface area is 88.2 Å². The van der Waals surface area contributed by atoms with Crippen molar-refractivity contribution in [2.45, 2.75) is 0 Å². The summed E-state index contributed by atoms with van der Waals surface area (Å²) in [6, 6.07) is 0. The van der Waals surface area contributed by atoms with Gasteiger partial charge in [0.1, 0.15) is 0 Å². The molecule has 0 aliphatic rings. The molecule has 0 spiro atoms. The minimum Gasteiger partial charge on any atom is -0.672 e. The monoisotopic (exact) mass is 306 g/mol. The van der Waals surface area contributed by atoms with E-state index in [0.717, 1.165) is 0 Å². The van der Waals surface area contributed by atoms with Crippen LogP contribution in [0.15, 0.2) is 0 Å². The molecule has 6 nitrogen and oxygen atoms in total. The average molecular weight is 306 g/mol. The molecular formula is O6PdSi2Ti. The number of hydrogen-bond acceptors (Lipinski definition) is 6. The molecule has 0 saturated carbocycles. The summed E-state index contributed by atoms with van der Waals surface area (Å²) >= 11 is 0. The molecule has 0 bridgehead atoms. The van der Waals surface area contributed by atoms with E-state index < -0.39 is 18.3 Å². The molecule has 0 aromatic heterocycles. The first-order chi connectivity index (χ1) is 3.46. The molecule has 0 atom stereocenters. The summed E-state index contributed by atoms with van der Waals surface area (Å²) in [5, 5.41) is 0. The molecule has 0 radical (unpaired) electrons. The van der Waals surface area contributed by atoms with Gasteiger partial charge in [-0.15, -0.1) is 0 Å². The summed E-state index contributed by atoms with van der Waals surface area (Å²) in [7, 11) is -7.26. The van der Waals surface area contributed by atoms with Crippen LogP contribution >= 0.6 is 0 Å². The van der Waals surface area contributed by atoms with Crippen molar-refractivity contribution >= 4 is 18.3 Å². The summed E-state index contributed by atoms with van der Waals surface area (Å²) in [4.78, 5) is 34.1. The van der Waals surface area contributed by atoms with Crippen LogP contribution in [0.25, 0.3) is 0 Å². The van der Waals surface area contributed by atoms with Gasteiger partial charge in [-0.2, -0.15) is 0 Å². The van der Waals surface area contributed by atoms with Gasteiger partial charge in [0.05, 0.1) is 0 Å². The first kappa shape index (κ1) is 22.4. The molecule has 0 fully saturated rings. The summed E-state index contributed by atoms with van der Waals surface area (Å²) in [5.41, 5.74) is 0. The van der Waals surface area contributed by atoms with E-state index in [1.807, 2.05) is 0 Å². The van der Waals surface area contributed by atoms with Gasteiger partial charge in [0.2, 0.25) is 0 Å². The van der Waals surface area contributed by atoms with Gasteiger partial charge in [0.15, 0.2) is 0 Å². The Morgan fingerprint density at radius 1 is 0.800 bits per heavy atom. The zero-order chi connectivity index (χ0) is 7.15. The van der Waals surface area contributed by atoms with Crippen molar-refractivity contribution in [1.82, 2.24) is 0 Å². The second-order valence-electron chi connectivity index (χ2n) is 0.500. The normalized spacial score (nSPS) is 4.80. The second-order valence-corrected chi connectivity index (χ2v) is 1.50. The predicted octanol–water partition coefficient (Wildman–Crippen LogP) is -5.76. The van der Waals surface area contributed by atoms with Crippen LogP contribution in [0.4, 0.5) is 0 Å². The Morgan fingerprint density at radius 3 is 0.800 bits per heavy atom. The topological polar surface area (TPSA) is 126 Å². The fourth-order valence-electron chi connectivity index (χ4n) is 0. The predicted molar refractivity (Wildman–Crippen MR) is 12.9 cm³/mol. The van der Waals surface area contributed by atoms with Gasteiger partial charge < -0.3 is 28.1 Å². The van der Waals surface area contributed by atoms with Crippen LogP contribution in [0.3, 0.4) is 0 Å². The Hall–Kier alpha value is 0.610. The molecule has 58 valence electrons. The van der Waals surface area contributed by atoms with Crippen LogP contribution in [0.5, 0.6) is 0 Å². The molecule has 0 N–H and O–H groups in total. The standard InChI is InChI=1S/2O3Si.Pd.Ti/c2*1-4(2)3;;/q2*-2;;+4.